The molecule has 3 aromatic rings. The van der Waals surface area contributed by atoms with Crippen LogP contribution >= 0.6 is 0 Å². The number of phenols is 4. The van der Waals surface area contributed by atoms with Crippen LogP contribution in [0.4, 0.5) is 0 Å². The van der Waals surface area contributed by atoms with E-state index < -0.39 is 104 Å². The van der Waals surface area contributed by atoms with Crippen molar-refractivity contribution in [3.8, 4) is 34.5 Å². The third-order valence-electron chi connectivity index (χ3n) is 8.89. The van der Waals surface area contributed by atoms with Crippen molar-refractivity contribution in [2.24, 2.45) is 0 Å². The number of esters is 1. The molecule has 0 aliphatic carbocycles. The van der Waals surface area contributed by atoms with Crippen molar-refractivity contribution >= 4 is 18.1 Å². The number of ether oxygens (including phenoxy) is 6. The summed E-state index contributed by atoms with van der Waals surface area (Å²) in [5.41, 5.74) is 0.762. The molecule has 0 amide bonds. The molecular formula is C36H38O18. The summed E-state index contributed by atoms with van der Waals surface area (Å²) >= 11 is 0. The van der Waals surface area contributed by atoms with Crippen molar-refractivity contribution in [2.45, 2.75) is 67.5 Å². The van der Waals surface area contributed by atoms with E-state index >= 15 is 0 Å². The molecule has 1 unspecified atom stereocenters. The Bertz CT molecular complexity index is 1860. The molecule has 6 rings (SSSR count). The number of aromatic hydroxyl groups is 4. The zero-order chi connectivity index (χ0) is 38.8. The van der Waals surface area contributed by atoms with Crippen molar-refractivity contribution in [1.82, 2.24) is 0 Å². The van der Waals surface area contributed by atoms with E-state index in [1.807, 2.05) is 0 Å². The van der Waals surface area contributed by atoms with E-state index in [0.29, 0.717) is 5.56 Å². The first-order valence-corrected chi connectivity index (χ1v) is 16.5. The summed E-state index contributed by atoms with van der Waals surface area (Å²) in [6.07, 6.45) is -14.6. The maximum Gasteiger partial charge on any atom is 0.330 e. The van der Waals surface area contributed by atoms with E-state index in [-0.39, 0.29) is 34.1 Å². The highest BCUT2D eigenvalue weighted by atomic mass is 16.7. The molecule has 290 valence electrons. The number of phenolic OH excluding ortho intramolecular Hbond substituents is 4. The van der Waals surface area contributed by atoms with Crippen LogP contribution < -0.4 is 9.47 Å². The van der Waals surface area contributed by atoms with Crippen LogP contribution in [0.3, 0.4) is 0 Å². The Labute approximate surface area is 305 Å². The Kier molecular flexibility index (Phi) is 11.5. The van der Waals surface area contributed by atoms with Crippen LogP contribution in [-0.2, 0) is 23.7 Å². The highest BCUT2D eigenvalue weighted by Crippen LogP contribution is 2.46. The number of benzene rings is 3. The second-order valence-corrected chi connectivity index (χ2v) is 12.7. The lowest BCUT2D eigenvalue weighted by atomic mass is 9.98. The van der Waals surface area contributed by atoms with Gasteiger partial charge in [-0.15, -0.1) is 0 Å². The molecule has 2 fully saturated rings. The molecule has 3 aliphatic heterocycles. The normalized spacial score (nSPS) is 30.9. The monoisotopic (exact) mass is 758 g/mol. The van der Waals surface area contributed by atoms with Gasteiger partial charge in [0.05, 0.1) is 12.2 Å². The number of aliphatic hydroxyl groups excluding tert-OH is 7. The second kappa shape index (κ2) is 16.1. The lowest BCUT2D eigenvalue weighted by molar-refractivity contribution is -0.294. The zero-order valence-corrected chi connectivity index (χ0v) is 28.0. The number of aliphatic hydroxyl groups is 7. The maximum absolute atomic E-state index is 12.4. The largest absolute Gasteiger partial charge is 0.508 e. The Hall–Kier alpha value is -5.15. The third kappa shape index (κ3) is 8.16. The molecule has 3 heterocycles. The number of carbonyl (C=O) groups is 1. The minimum Gasteiger partial charge on any atom is -0.508 e. The lowest BCUT2D eigenvalue weighted by Crippen LogP contribution is -2.60. The lowest BCUT2D eigenvalue weighted by Gasteiger charge is -2.41. The first-order chi connectivity index (χ1) is 25.7. The summed E-state index contributed by atoms with van der Waals surface area (Å²) < 4.78 is 34.4. The molecule has 18 heteroatoms. The van der Waals surface area contributed by atoms with E-state index in [9.17, 15) is 61.0 Å². The Morgan fingerprint density at radius 1 is 0.704 bits per heavy atom. The summed E-state index contributed by atoms with van der Waals surface area (Å²) in [7, 11) is 0. The van der Waals surface area contributed by atoms with Crippen LogP contribution in [0.15, 0.2) is 66.4 Å². The molecule has 0 saturated carbocycles. The van der Waals surface area contributed by atoms with Gasteiger partial charge in [0.1, 0.15) is 84.2 Å². The van der Waals surface area contributed by atoms with Crippen molar-refractivity contribution in [3.63, 3.8) is 0 Å². The Balaban J connectivity index is 1.28. The van der Waals surface area contributed by atoms with Gasteiger partial charge < -0.3 is 84.6 Å². The number of hydrogen-bond acceptors (Lipinski definition) is 18. The first kappa shape index (κ1) is 38.6. The zero-order valence-electron chi connectivity index (χ0n) is 28.0. The maximum atomic E-state index is 12.4. The minimum absolute atomic E-state index is 0.0239. The standard InChI is InChI=1S/C36H38O18/c37-13-25-28(43)30(45)32(47)35(53-25)51-23-11-18(39)10-22-19(23)12-24(34(50-22)16-4-7-20(40)21(41)9-16)52-36-33(48)31(46)29(44)26(54-36)14-49-27(42)8-3-15-1-5-17(38)6-2-15/h1-12,25-26,28-41,43-48H,13-14H2/b8-3+/t25-,26+,28+,29-,30-,31+,32+,33+,34?,35+,36-/m0/s1. The van der Waals surface area contributed by atoms with Crippen LogP contribution in [0.2, 0.25) is 0 Å². The summed E-state index contributed by atoms with van der Waals surface area (Å²) in [5, 5.41) is 113. The summed E-state index contributed by atoms with van der Waals surface area (Å²) in [4.78, 5) is 12.4. The molecule has 0 spiro atoms. The van der Waals surface area contributed by atoms with E-state index in [1.165, 1.54) is 36.4 Å². The highest BCUT2D eigenvalue weighted by Gasteiger charge is 2.48. The van der Waals surface area contributed by atoms with Gasteiger partial charge in [-0.3, -0.25) is 0 Å². The molecule has 3 aliphatic rings. The van der Waals surface area contributed by atoms with E-state index in [4.69, 9.17) is 28.4 Å². The summed E-state index contributed by atoms with van der Waals surface area (Å²) in [5.74, 6) is -2.72. The van der Waals surface area contributed by atoms with Gasteiger partial charge in [0.25, 0.3) is 0 Å². The summed E-state index contributed by atoms with van der Waals surface area (Å²) in [6.45, 7) is -1.35. The average molecular weight is 759 g/mol. The van der Waals surface area contributed by atoms with Crippen molar-refractivity contribution < 1.29 is 89.4 Å². The van der Waals surface area contributed by atoms with Crippen molar-refractivity contribution in [3.05, 3.63) is 83.1 Å². The van der Waals surface area contributed by atoms with E-state index in [1.54, 1.807) is 12.1 Å². The van der Waals surface area contributed by atoms with Gasteiger partial charge in [-0.05, 0) is 42.0 Å². The SMILES string of the molecule is O=C(/C=C/c1ccc(O)cc1)OC[C@H]1O[C@H](OC2=Cc3c(cc(O)cc3O[C@@H]3O[C@@H](CO)[C@@H](O)[C@H](O)[C@H]3O)OC2c2ccc(O)c(O)c2)[C@H](O)[C@H](O)[C@H]1O. The van der Waals surface area contributed by atoms with Crippen molar-refractivity contribution in [2.75, 3.05) is 13.2 Å². The van der Waals surface area contributed by atoms with Gasteiger partial charge in [0.15, 0.2) is 17.6 Å². The topological polar surface area (TPSA) is 295 Å². The second-order valence-electron chi connectivity index (χ2n) is 12.7. The third-order valence-corrected chi connectivity index (χ3v) is 8.89. The highest BCUT2D eigenvalue weighted by molar-refractivity contribution is 5.87. The fourth-order valence-corrected chi connectivity index (χ4v) is 5.90. The quantitative estimate of drug-likeness (QED) is 0.0688. The molecule has 54 heavy (non-hydrogen) atoms. The number of carbonyl (C=O) groups excluding carboxylic acids is 1. The summed E-state index contributed by atoms with van der Waals surface area (Å²) in [6, 6.07) is 11.9. The van der Waals surface area contributed by atoms with E-state index in [0.717, 1.165) is 24.3 Å². The van der Waals surface area contributed by atoms with Gasteiger partial charge in [-0.25, -0.2) is 4.79 Å². The molecule has 11 N–H and O–H groups in total. The molecule has 11 atom stereocenters. The minimum atomic E-state index is -1.90. The van der Waals surface area contributed by atoms with Crippen LogP contribution in [0, 0.1) is 0 Å². The molecule has 0 radical (unpaired) electrons. The fourth-order valence-electron chi connectivity index (χ4n) is 5.90. The fraction of sp³-hybridized carbons (Fsp3) is 0.361. The molecular weight excluding hydrogens is 720 g/mol. The van der Waals surface area contributed by atoms with E-state index in [2.05, 4.69) is 0 Å². The van der Waals surface area contributed by atoms with Crippen LogP contribution in [0.25, 0.3) is 12.2 Å². The van der Waals surface area contributed by atoms with Crippen LogP contribution in [0.1, 0.15) is 22.8 Å². The molecule has 0 aromatic heterocycles. The molecule has 2 saturated heterocycles. The molecule has 3 aromatic carbocycles. The first-order valence-electron chi connectivity index (χ1n) is 16.5. The molecule has 18 nitrogen and oxygen atoms in total. The predicted molar refractivity (Wildman–Crippen MR) is 179 cm³/mol. The molecule has 0 bridgehead atoms. The van der Waals surface area contributed by atoms with Crippen LogP contribution in [0.5, 0.6) is 34.5 Å². The van der Waals surface area contributed by atoms with Gasteiger partial charge in [0.2, 0.25) is 12.6 Å². The Morgan fingerprint density at radius 3 is 2.02 bits per heavy atom. The predicted octanol–water partition coefficient (Wildman–Crippen LogP) is -0.757. The number of rotatable bonds is 10. The van der Waals surface area contributed by atoms with Gasteiger partial charge >= 0.3 is 5.97 Å². The van der Waals surface area contributed by atoms with Gasteiger partial charge in [0, 0.05) is 23.8 Å². The Morgan fingerprint density at radius 2 is 1.35 bits per heavy atom. The van der Waals surface area contributed by atoms with Crippen molar-refractivity contribution in [1.29, 1.82) is 0 Å². The average Bonchev–Trinajstić information content (AvgIpc) is 3.15. The van der Waals surface area contributed by atoms with Gasteiger partial charge in [-0.1, -0.05) is 18.2 Å². The van der Waals surface area contributed by atoms with Crippen LogP contribution in [-0.4, -0.2) is 137 Å². The number of fused-ring (bicyclic) bond motifs is 1. The smallest absolute Gasteiger partial charge is 0.330 e. The number of hydrogen-bond donors (Lipinski definition) is 11. The van der Waals surface area contributed by atoms with Gasteiger partial charge in [-0.2, -0.15) is 0 Å².